The average Bonchev–Trinajstić information content (AvgIpc) is 2.99. The van der Waals surface area contributed by atoms with Crippen LogP contribution in [0.5, 0.6) is 0 Å². The molecule has 0 spiro atoms. The van der Waals surface area contributed by atoms with Crippen molar-refractivity contribution in [1.29, 1.82) is 0 Å². The molecular weight excluding hydrogens is 328 g/mol. The van der Waals surface area contributed by atoms with Crippen LogP contribution in [0.4, 0.5) is 5.69 Å². The van der Waals surface area contributed by atoms with Crippen LogP contribution >= 0.6 is 0 Å². The molecule has 1 aromatic carbocycles. The van der Waals surface area contributed by atoms with Crippen molar-refractivity contribution in [2.24, 2.45) is 0 Å². The molecule has 0 amide bonds. The number of nitrogens with one attached hydrogen (secondary N) is 1. The van der Waals surface area contributed by atoms with Gasteiger partial charge in [-0.1, -0.05) is 24.2 Å². The Labute approximate surface area is 139 Å². The van der Waals surface area contributed by atoms with Crippen molar-refractivity contribution in [2.75, 3.05) is 12.3 Å². The van der Waals surface area contributed by atoms with Crippen LogP contribution in [-0.2, 0) is 22.9 Å². The van der Waals surface area contributed by atoms with E-state index in [9.17, 15) is 8.42 Å². The maximum Gasteiger partial charge on any atom is 0.258 e. The van der Waals surface area contributed by atoms with Crippen molar-refractivity contribution < 1.29 is 12.9 Å². The van der Waals surface area contributed by atoms with Crippen LogP contribution < -0.4 is 10.5 Å². The lowest BCUT2D eigenvalue weighted by Crippen LogP contribution is -2.26. The predicted octanol–water partition coefficient (Wildman–Crippen LogP) is 1.89. The number of nitrogens with two attached hydrogens (primary N) is 1. The number of aryl methyl sites for hydroxylation is 1. The molecule has 7 nitrogen and oxygen atoms in total. The third-order valence-electron chi connectivity index (χ3n) is 3.71. The van der Waals surface area contributed by atoms with Crippen molar-refractivity contribution in [3.05, 3.63) is 47.8 Å². The third-order valence-corrected chi connectivity index (χ3v) is 5.14. The zero-order valence-electron chi connectivity index (χ0n) is 13.2. The van der Waals surface area contributed by atoms with Gasteiger partial charge in [-0.25, -0.2) is 18.1 Å². The molecule has 0 bridgehead atoms. The van der Waals surface area contributed by atoms with Crippen molar-refractivity contribution in [1.82, 2.24) is 14.9 Å². The number of aromatic nitrogens is 2. The molecule has 24 heavy (non-hydrogen) atoms. The number of pyridine rings is 1. The van der Waals surface area contributed by atoms with E-state index in [2.05, 4.69) is 14.9 Å². The molecule has 0 aliphatic heterocycles. The summed E-state index contributed by atoms with van der Waals surface area (Å²) in [4.78, 5) is 4.13. The summed E-state index contributed by atoms with van der Waals surface area (Å²) in [7, 11) is -3.64. The Bertz CT molecular complexity index is 949. The van der Waals surface area contributed by atoms with Gasteiger partial charge in [0, 0.05) is 12.2 Å². The second-order valence-corrected chi connectivity index (χ2v) is 7.16. The normalized spacial score (nSPS) is 11.9. The van der Waals surface area contributed by atoms with E-state index in [0.717, 1.165) is 5.56 Å². The first kappa shape index (κ1) is 16.4. The lowest BCUT2D eigenvalue weighted by atomic mass is 10.1. The minimum absolute atomic E-state index is 0.102. The Morgan fingerprint density at radius 2 is 2.00 bits per heavy atom. The number of benzene rings is 1. The summed E-state index contributed by atoms with van der Waals surface area (Å²) < 4.78 is 32.5. The summed E-state index contributed by atoms with van der Waals surface area (Å²) in [6.07, 6.45) is 2.49. The number of nitrogens with zero attached hydrogens (tertiary/aromatic N) is 2. The average molecular weight is 346 g/mol. The fraction of sp³-hybridized carbons (Fsp3) is 0.250. The van der Waals surface area contributed by atoms with Crippen molar-refractivity contribution in [3.8, 4) is 0 Å². The first-order valence-corrected chi connectivity index (χ1v) is 9.06. The molecule has 0 saturated carbocycles. The standard InChI is InChI=1S/C16H18N4O3S/c1-2-15-14-9-13(10-18-16(14)23-20-15)24(21,22)19-8-7-11-3-5-12(17)6-4-11/h3-6,9-10,19H,2,7-8,17H2,1H3. The zero-order chi connectivity index (χ0) is 17.2. The van der Waals surface area contributed by atoms with E-state index < -0.39 is 10.0 Å². The van der Waals surface area contributed by atoms with Gasteiger partial charge in [0.15, 0.2) is 0 Å². The molecule has 0 radical (unpaired) electrons. The molecule has 0 fully saturated rings. The Balaban J connectivity index is 1.74. The second-order valence-electron chi connectivity index (χ2n) is 5.40. The predicted molar refractivity (Wildman–Crippen MR) is 90.9 cm³/mol. The number of nitrogen functional groups attached to an aromatic ring is 1. The number of sulfonamides is 1. The lowest BCUT2D eigenvalue weighted by Gasteiger charge is -2.07. The molecule has 0 saturated heterocycles. The van der Waals surface area contributed by atoms with Crippen LogP contribution in [0.15, 0.2) is 45.9 Å². The summed E-state index contributed by atoms with van der Waals surface area (Å²) in [5.74, 6) is 0. The highest BCUT2D eigenvalue weighted by atomic mass is 32.2. The first-order chi connectivity index (χ1) is 11.5. The van der Waals surface area contributed by atoms with Crippen LogP contribution in [0.3, 0.4) is 0 Å². The molecule has 3 aromatic rings. The van der Waals surface area contributed by atoms with Crippen LogP contribution in [0.2, 0.25) is 0 Å². The van der Waals surface area contributed by atoms with Crippen molar-refractivity contribution >= 4 is 26.8 Å². The molecular formula is C16H18N4O3S. The van der Waals surface area contributed by atoms with Gasteiger partial charge in [-0.2, -0.15) is 0 Å². The van der Waals surface area contributed by atoms with Crippen LogP contribution in [0.1, 0.15) is 18.2 Å². The zero-order valence-corrected chi connectivity index (χ0v) is 14.0. The van der Waals surface area contributed by atoms with E-state index in [-0.39, 0.29) is 11.4 Å². The van der Waals surface area contributed by atoms with Gasteiger partial charge in [0.05, 0.1) is 17.3 Å². The first-order valence-electron chi connectivity index (χ1n) is 7.58. The Morgan fingerprint density at radius 1 is 1.25 bits per heavy atom. The summed E-state index contributed by atoms with van der Waals surface area (Å²) in [5.41, 5.74) is 8.35. The largest absolute Gasteiger partial charge is 0.399 e. The second kappa shape index (κ2) is 6.58. The van der Waals surface area contributed by atoms with E-state index in [1.807, 2.05) is 19.1 Å². The van der Waals surface area contributed by atoms with Gasteiger partial charge < -0.3 is 10.3 Å². The molecule has 126 valence electrons. The molecule has 0 atom stereocenters. The van der Waals surface area contributed by atoms with Gasteiger partial charge in [-0.05, 0) is 36.6 Å². The number of hydrogen-bond acceptors (Lipinski definition) is 6. The number of fused-ring (bicyclic) bond motifs is 1. The van der Waals surface area contributed by atoms with Crippen LogP contribution in [-0.4, -0.2) is 25.1 Å². The smallest absolute Gasteiger partial charge is 0.258 e. The van der Waals surface area contributed by atoms with Gasteiger partial charge in [-0.3, -0.25) is 0 Å². The van der Waals surface area contributed by atoms with Crippen LogP contribution in [0, 0.1) is 0 Å². The summed E-state index contributed by atoms with van der Waals surface area (Å²) in [5, 5.41) is 4.51. The third kappa shape index (κ3) is 3.39. The van der Waals surface area contributed by atoms with Crippen molar-refractivity contribution in [2.45, 2.75) is 24.7 Å². The summed E-state index contributed by atoms with van der Waals surface area (Å²) in [6.45, 7) is 2.21. The van der Waals surface area contributed by atoms with Gasteiger partial charge in [0.2, 0.25) is 10.0 Å². The molecule has 0 aliphatic rings. The molecule has 3 rings (SSSR count). The minimum Gasteiger partial charge on any atom is -0.399 e. The van der Waals surface area contributed by atoms with E-state index in [1.54, 1.807) is 18.2 Å². The molecule has 2 aromatic heterocycles. The van der Waals surface area contributed by atoms with Gasteiger partial charge >= 0.3 is 0 Å². The Hall–Kier alpha value is -2.45. The van der Waals surface area contributed by atoms with Gasteiger partial charge in [0.25, 0.3) is 5.71 Å². The summed E-state index contributed by atoms with van der Waals surface area (Å²) >= 11 is 0. The molecule has 8 heteroatoms. The molecule has 3 N–H and O–H groups in total. The molecule has 0 unspecified atom stereocenters. The topological polar surface area (TPSA) is 111 Å². The maximum absolute atomic E-state index is 12.4. The number of rotatable bonds is 6. The number of anilines is 1. The van der Waals surface area contributed by atoms with E-state index in [1.165, 1.54) is 6.20 Å². The highest BCUT2D eigenvalue weighted by molar-refractivity contribution is 7.89. The van der Waals surface area contributed by atoms with Crippen LogP contribution in [0.25, 0.3) is 11.1 Å². The van der Waals surface area contributed by atoms with Gasteiger partial charge in [-0.15, -0.1) is 0 Å². The quantitative estimate of drug-likeness (QED) is 0.659. The van der Waals surface area contributed by atoms with Gasteiger partial charge in [0.1, 0.15) is 4.90 Å². The minimum atomic E-state index is -3.64. The highest BCUT2D eigenvalue weighted by Gasteiger charge is 2.17. The SMILES string of the molecule is CCc1noc2ncc(S(=O)(=O)NCCc3ccc(N)cc3)cc12. The number of hydrogen-bond donors (Lipinski definition) is 2. The fourth-order valence-electron chi connectivity index (χ4n) is 2.36. The van der Waals surface area contributed by atoms with E-state index >= 15 is 0 Å². The highest BCUT2D eigenvalue weighted by Crippen LogP contribution is 2.20. The summed E-state index contributed by atoms with van der Waals surface area (Å²) in [6, 6.07) is 8.88. The Morgan fingerprint density at radius 3 is 2.71 bits per heavy atom. The van der Waals surface area contributed by atoms with E-state index in [4.69, 9.17) is 10.3 Å². The fourth-order valence-corrected chi connectivity index (χ4v) is 3.36. The molecule has 2 heterocycles. The molecule has 0 aliphatic carbocycles. The Kier molecular flexibility index (Phi) is 4.50. The lowest BCUT2D eigenvalue weighted by molar-refractivity contribution is 0.439. The van der Waals surface area contributed by atoms with Crippen molar-refractivity contribution in [3.63, 3.8) is 0 Å². The monoisotopic (exact) mass is 346 g/mol. The maximum atomic E-state index is 12.4. The van der Waals surface area contributed by atoms with E-state index in [0.29, 0.717) is 35.3 Å².